The fourth-order valence-corrected chi connectivity index (χ4v) is 5.67. The highest BCUT2D eigenvalue weighted by atomic mass is 16.5. The van der Waals surface area contributed by atoms with Gasteiger partial charge >= 0.3 is 0 Å². The molecule has 4 nitrogen and oxygen atoms in total. The van der Waals surface area contributed by atoms with Crippen molar-refractivity contribution in [3.63, 3.8) is 0 Å². The Morgan fingerprint density at radius 3 is 3.12 bits per heavy atom. The fourth-order valence-electron chi connectivity index (χ4n) is 5.67. The molecule has 0 saturated carbocycles. The number of nitrogens with zero attached hydrogens (tertiary/aromatic N) is 1. The van der Waals surface area contributed by atoms with Crippen molar-refractivity contribution in [3.05, 3.63) is 48.1 Å². The molecule has 2 aliphatic carbocycles. The zero-order valence-electron chi connectivity index (χ0n) is 13.9. The number of rotatable bonds is 3. The summed E-state index contributed by atoms with van der Waals surface area (Å²) in [4.78, 5) is 2.53. The molecular formula is C20H23NO3. The Balaban J connectivity index is 1.75. The second kappa shape index (κ2) is 4.87. The van der Waals surface area contributed by atoms with Crippen LogP contribution in [0.1, 0.15) is 17.5 Å². The molecule has 2 aliphatic heterocycles. The van der Waals surface area contributed by atoms with Crippen molar-refractivity contribution in [2.75, 3.05) is 20.2 Å². The molecule has 4 heteroatoms. The highest BCUT2D eigenvalue weighted by Gasteiger charge is 2.64. The van der Waals surface area contributed by atoms with Gasteiger partial charge in [-0.1, -0.05) is 24.3 Å². The average molecular weight is 325 g/mol. The summed E-state index contributed by atoms with van der Waals surface area (Å²) in [5.74, 6) is 2.03. The predicted molar refractivity (Wildman–Crippen MR) is 91.6 cm³/mol. The fraction of sp³-hybridized carbons (Fsp3) is 0.500. The number of hydrogen-bond donors (Lipinski definition) is 1. The van der Waals surface area contributed by atoms with Gasteiger partial charge in [0.25, 0.3) is 0 Å². The van der Waals surface area contributed by atoms with Gasteiger partial charge in [0.15, 0.2) is 11.5 Å². The number of likely N-dealkylation sites (tertiary alicyclic amines) is 1. The molecule has 1 fully saturated rings. The third kappa shape index (κ3) is 1.56. The number of aliphatic hydroxyl groups excluding tert-OH is 1. The molecule has 2 bridgehead atoms. The first-order chi connectivity index (χ1) is 11.7. The van der Waals surface area contributed by atoms with Crippen molar-refractivity contribution in [1.29, 1.82) is 0 Å². The summed E-state index contributed by atoms with van der Waals surface area (Å²) in [5.41, 5.74) is 2.54. The van der Waals surface area contributed by atoms with Crippen LogP contribution < -0.4 is 9.47 Å². The van der Waals surface area contributed by atoms with Crippen molar-refractivity contribution in [1.82, 2.24) is 4.90 Å². The molecule has 0 aromatic heterocycles. The van der Waals surface area contributed by atoms with E-state index in [1.165, 1.54) is 11.1 Å². The van der Waals surface area contributed by atoms with Crippen LogP contribution in [0, 0.1) is 5.92 Å². The third-order valence-corrected chi connectivity index (χ3v) is 6.56. The SMILES string of the molecule is C=CCN1CCC23c4c5ccc(OC)c4OC2C(O)C=CC3C1C5. The maximum absolute atomic E-state index is 10.6. The summed E-state index contributed by atoms with van der Waals surface area (Å²) in [7, 11) is 1.69. The Bertz CT molecular complexity index is 743. The van der Waals surface area contributed by atoms with Gasteiger partial charge in [-0.2, -0.15) is 0 Å². The van der Waals surface area contributed by atoms with E-state index in [-0.39, 0.29) is 11.5 Å². The molecule has 4 aliphatic rings. The number of methoxy groups -OCH3 is 1. The average Bonchev–Trinajstić information content (AvgIpc) is 2.94. The minimum Gasteiger partial charge on any atom is -0.493 e. The Kier molecular flexibility index (Phi) is 2.95. The van der Waals surface area contributed by atoms with Gasteiger partial charge in [0.2, 0.25) is 0 Å². The molecule has 0 radical (unpaired) electrons. The topological polar surface area (TPSA) is 41.9 Å². The number of piperidine rings is 1. The Labute approximate surface area is 142 Å². The van der Waals surface area contributed by atoms with Crippen LogP contribution in [0.25, 0.3) is 0 Å². The summed E-state index contributed by atoms with van der Waals surface area (Å²) in [6, 6.07) is 4.64. The lowest BCUT2D eigenvalue weighted by Gasteiger charge is -2.57. The lowest BCUT2D eigenvalue weighted by atomic mass is 9.53. The van der Waals surface area contributed by atoms with Gasteiger partial charge in [-0.05, 0) is 31.0 Å². The Hall–Kier alpha value is -1.78. The van der Waals surface area contributed by atoms with Crippen LogP contribution >= 0.6 is 0 Å². The van der Waals surface area contributed by atoms with Crippen molar-refractivity contribution >= 4 is 0 Å². The molecule has 1 saturated heterocycles. The summed E-state index contributed by atoms with van der Waals surface area (Å²) >= 11 is 0. The summed E-state index contributed by atoms with van der Waals surface area (Å²) in [5, 5.41) is 10.6. The first kappa shape index (κ1) is 14.6. The van der Waals surface area contributed by atoms with Gasteiger partial charge in [0.1, 0.15) is 12.2 Å². The van der Waals surface area contributed by atoms with Gasteiger partial charge < -0.3 is 14.6 Å². The van der Waals surface area contributed by atoms with Crippen LogP contribution in [0.4, 0.5) is 0 Å². The van der Waals surface area contributed by atoms with E-state index in [4.69, 9.17) is 9.47 Å². The first-order valence-electron chi connectivity index (χ1n) is 8.79. The minimum absolute atomic E-state index is 0.117. The highest BCUT2D eigenvalue weighted by Crippen LogP contribution is 2.62. The number of aliphatic hydroxyl groups is 1. The number of hydrogen-bond acceptors (Lipinski definition) is 4. The number of benzene rings is 1. The normalized spacial score (nSPS) is 38.4. The molecule has 5 atom stereocenters. The van der Waals surface area contributed by atoms with Crippen LogP contribution in [0.15, 0.2) is 36.9 Å². The number of ether oxygens (including phenoxy) is 2. The van der Waals surface area contributed by atoms with Crippen molar-refractivity contribution in [2.45, 2.75) is 36.5 Å². The van der Waals surface area contributed by atoms with Gasteiger partial charge in [0.05, 0.1) is 7.11 Å². The molecule has 5 unspecified atom stereocenters. The lowest BCUT2D eigenvalue weighted by Crippen LogP contribution is -2.65. The molecule has 1 spiro atoms. The summed E-state index contributed by atoms with van der Waals surface area (Å²) in [6.07, 6.45) is 7.42. The maximum atomic E-state index is 10.6. The minimum atomic E-state index is -0.559. The van der Waals surface area contributed by atoms with Gasteiger partial charge in [-0.25, -0.2) is 0 Å². The van der Waals surface area contributed by atoms with Crippen molar-refractivity contribution in [3.8, 4) is 11.5 Å². The van der Waals surface area contributed by atoms with Gasteiger partial charge in [-0.3, -0.25) is 4.90 Å². The molecule has 2 heterocycles. The zero-order valence-corrected chi connectivity index (χ0v) is 13.9. The van der Waals surface area contributed by atoms with Gasteiger partial charge in [0, 0.05) is 29.5 Å². The van der Waals surface area contributed by atoms with Crippen LogP contribution in [0.2, 0.25) is 0 Å². The van der Waals surface area contributed by atoms with Crippen molar-refractivity contribution < 1.29 is 14.6 Å². The second-order valence-corrected chi connectivity index (χ2v) is 7.42. The smallest absolute Gasteiger partial charge is 0.165 e. The van der Waals surface area contributed by atoms with Crippen molar-refractivity contribution in [2.24, 2.45) is 5.92 Å². The molecule has 126 valence electrons. The molecule has 1 N–H and O–H groups in total. The van der Waals surface area contributed by atoms with Gasteiger partial charge in [-0.15, -0.1) is 6.58 Å². The van der Waals surface area contributed by atoms with E-state index in [1.54, 1.807) is 7.11 Å². The summed E-state index contributed by atoms with van der Waals surface area (Å²) in [6.45, 7) is 5.86. The molecular weight excluding hydrogens is 302 g/mol. The van der Waals surface area contributed by atoms with Crippen LogP contribution in [-0.2, 0) is 11.8 Å². The monoisotopic (exact) mass is 325 g/mol. The van der Waals surface area contributed by atoms with E-state index >= 15 is 0 Å². The van der Waals surface area contributed by atoms with E-state index in [1.807, 2.05) is 18.2 Å². The lowest BCUT2D eigenvalue weighted by molar-refractivity contribution is -0.0488. The molecule has 24 heavy (non-hydrogen) atoms. The third-order valence-electron chi connectivity index (χ3n) is 6.56. The maximum Gasteiger partial charge on any atom is 0.165 e. The van der Waals surface area contributed by atoms with Crippen LogP contribution in [0.3, 0.4) is 0 Å². The highest BCUT2D eigenvalue weighted by molar-refractivity contribution is 5.62. The summed E-state index contributed by atoms with van der Waals surface area (Å²) < 4.78 is 11.9. The quantitative estimate of drug-likeness (QED) is 0.864. The molecule has 0 amide bonds. The standard InChI is InChI=1S/C20H23NO3/c1-3-9-21-10-8-20-13-5-6-15(22)19(20)24-18-16(23-2)7-4-12(17(18)20)11-14(13)21/h3-7,13-15,19,22H,1,8-11H2,2H3. The first-order valence-corrected chi connectivity index (χ1v) is 8.79. The Morgan fingerprint density at radius 1 is 1.46 bits per heavy atom. The van der Waals surface area contributed by atoms with E-state index in [2.05, 4.69) is 23.6 Å². The van der Waals surface area contributed by atoms with Crippen LogP contribution in [-0.4, -0.2) is 48.5 Å². The van der Waals surface area contributed by atoms with E-state index in [0.717, 1.165) is 37.4 Å². The zero-order chi connectivity index (χ0) is 16.5. The Morgan fingerprint density at radius 2 is 2.33 bits per heavy atom. The van der Waals surface area contributed by atoms with Crippen LogP contribution in [0.5, 0.6) is 11.5 Å². The van der Waals surface area contributed by atoms with E-state index in [9.17, 15) is 5.11 Å². The van der Waals surface area contributed by atoms with E-state index in [0.29, 0.717) is 12.0 Å². The second-order valence-electron chi connectivity index (χ2n) is 7.42. The predicted octanol–water partition coefficient (Wildman–Crippen LogP) is 2.06. The molecule has 5 rings (SSSR count). The molecule has 1 aromatic carbocycles. The molecule has 1 aromatic rings. The largest absolute Gasteiger partial charge is 0.493 e. The van der Waals surface area contributed by atoms with E-state index < -0.39 is 6.10 Å².